The molecular weight excluding hydrogens is 460 g/mol. The van der Waals surface area contributed by atoms with Crippen molar-refractivity contribution in [1.82, 2.24) is 19.8 Å². The highest BCUT2D eigenvalue weighted by Gasteiger charge is 2.28. The van der Waals surface area contributed by atoms with Crippen molar-refractivity contribution in [3.8, 4) is 0 Å². The quantitative estimate of drug-likeness (QED) is 0.545. The van der Waals surface area contributed by atoms with Gasteiger partial charge in [0.2, 0.25) is 11.8 Å². The largest absolute Gasteiger partial charge is 0.365 e. The zero-order valence-electron chi connectivity index (χ0n) is 20.4. The van der Waals surface area contributed by atoms with Crippen molar-refractivity contribution in [2.24, 2.45) is 0 Å². The number of hydrogen-bond acceptors (Lipinski definition) is 7. The first-order valence-electron chi connectivity index (χ1n) is 12.3. The minimum atomic E-state index is 0.0652. The zero-order valence-corrected chi connectivity index (χ0v) is 21.2. The predicted octanol–water partition coefficient (Wildman–Crippen LogP) is 3.17. The Morgan fingerprint density at radius 3 is 2.43 bits per heavy atom. The van der Waals surface area contributed by atoms with Crippen LogP contribution in [-0.2, 0) is 9.59 Å². The number of aryl methyl sites for hydroxylation is 1. The summed E-state index contributed by atoms with van der Waals surface area (Å²) in [4.78, 5) is 44.0. The van der Waals surface area contributed by atoms with Crippen LogP contribution in [0.15, 0.2) is 42.6 Å². The van der Waals surface area contributed by atoms with Gasteiger partial charge in [-0.05, 0) is 43.7 Å². The van der Waals surface area contributed by atoms with Gasteiger partial charge in [-0.1, -0.05) is 23.5 Å². The molecule has 0 aliphatic carbocycles. The smallest absolute Gasteiger partial charge is 0.223 e. The second-order valence-corrected chi connectivity index (χ2v) is 10.4. The maximum Gasteiger partial charge on any atom is 0.223 e. The molecule has 2 fully saturated rings. The van der Waals surface area contributed by atoms with Crippen molar-refractivity contribution in [3.05, 3.63) is 48.2 Å². The van der Waals surface area contributed by atoms with Gasteiger partial charge in [-0.2, -0.15) is 0 Å². The maximum atomic E-state index is 12.9. The van der Waals surface area contributed by atoms with Crippen LogP contribution < -0.4 is 9.80 Å². The number of aromatic nitrogens is 2. The van der Waals surface area contributed by atoms with E-state index in [0.29, 0.717) is 26.2 Å². The number of pyridine rings is 1. The fourth-order valence-corrected chi connectivity index (χ4v) is 5.91. The molecule has 0 saturated carbocycles. The Labute approximate surface area is 210 Å². The summed E-state index contributed by atoms with van der Waals surface area (Å²) in [5.41, 5.74) is 3.37. The number of hydrogen-bond donors (Lipinski definition) is 0. The van der Waals surface area contributed by atoms with Crippen LogP contribution >= 0.6 is 11.3 Å². The third-order valence-electron chi connectivity index (χ3n) is 6.92. The Balaban J connectivity index is 1.08. The number of rotatable bonds is 5. The van der Waals surface area contributed by atoms with E-state index in [1.165, 1.54) is 11.3 Å². The van der Waals surface area contributed by atoms with Crippen LogP contribution in [0.1, 0.15) is 25.3 Å². The summed E-state index contributed by atoms with van der Waals surface area (Å²) >= 11 is 1.59. The highest BCUT2D eigenvalue weighted by Crippen LogP contribution is 2.28. The summed E-state index contributed by atoms with van der Waals surface area (Å²) in [6.45, 7) is 9.27. The molecule has 1 atom stereocenters. The minimum Gasteiger partial charge on any atom is -0.365 e. The molecule has 2 amide bonds. The SMILES string of the molecule is Cc1cccc(N2CCN(C(=O)CCC(=O)N3CCN(c4nc5cccnc5s4)CC3)CC2C)c1. The standard InChI is InChI=1S/C26H32N6O2S/c1-19-5-3-6-21(17-19)32-16-15-31(18-20(32)2)24(34)9-8-23(33)29-11-13-30(14-12-29)26-28-22-7-4-10-27-25(22)35-26/h3-7,10,17,20H,8-9,11-16,18H2,1-2H3. The van der Waals surface area contributed by atoms with E-state index in [-0.39, 0.29) is 30.7 Å². The van der Waals surface area contributed by atoms with Crippen molar-refractivity contribution in [1.29, 1.82) is 0 Å². The van der Waals surface area contributed by atoms with E-state index in [1.54, 1.807) is 17.5 Å². The summed E-state index contributed by atoms with van der Waals surface area (Å²) in [5.74, 6) is 0.144. The molecule has 1 aromatic carbocycles. The van der Waals surface area contributed by atoms with Crippen molar-refractivity contribution in [2.45, 2.75) is 32.7 Å². The molecule has 4 heterocycles. The normalized spacial score (nSPS) is 18.9. The summed E-state index contributed by atoms with van der Waals surface area (Å²) in [7, 11) is 0. The molecule has 184 valence electrons. The Morgan fingerprint density at radius 1 is 0.971 bits per heavy atom. The van der Waals surface area contributed by atoms with Crippen LogP contribution in [0.4, 0.5) is 10.8 Å². The maximum absolute atomic E-state index is 12.9. The number of carbonyl (C=O) groups is 2. The van der Waals surface area contributed by atoms with Gasteiger partial charge >= 0.3 is 0 Å². The number of nitrogens with zero attached hydrogens (tertiary/aromatic N) is 6. The minimum absolute atomic E-state index is 0.0652. The molecule has 1 unspecified atom stereocenters. The van der Waals surface area contributed by atoms with E-state index >= 15 is 0 Å². The topological polar surface area (TPSA) is 72.9 Å². The van der Waals surface area contributed by atoms with Gasteiger partial charge in [0, 0.05) is 76.6 Å². The number of amides is 2. The molecule has 8 nitrogen and oxygen atoms in total. The Bertz CT molecular complexity index is 1170. The van der Waals surface area contributed by atoms with Crippen molar-refractivity contribution >= 4 is 44.3 Å². The summed E-state index contributed by atoms with van der Waals surface area (Å²) in [6.07, 6.45) is 2.34. The van der Waals surface area contributed by atoms with Crippen LogP contribution in [0, 0.1) is 6.92 Å². The van der Waals surface area contributed by atoms with Crippen LogP contribution in [0.25, 0.3) is 10.3 Å². The van der Waals surface area contributed by atoms with Gasteiger partial charge in [-0.25, -0.2) is 9.97 Å². The second kappa shape index (κ2) is 10.2. The Hall–Kier alpha value is -3.20. The number of anilines is 2. The third-order valence-corrected chi connectivity index (χ3v) is 7.96. The molecule has 2 aliphatic rings. The molecule has 0 spiro atoms. The molecule has 9 heteroatoms. The molecule has 2 saturated heterocycles. The second-order valence-electron chi connectivity index (χ2n) is 9.41. The highest BCUT2D eigenvalue weighted by molar-refractivity contribution is 7.21. The van der Waals surface area contributed by atoms with E-state index in [1.807, 2.05) is 21.9 Å². The predicted molar refractivity (Wildman–Crippen MR) is 140 cm³/mol. The Morgan fingerprint density at radius 2 is 1.71 bits per heavy atom. The van der Waals surface area contributed by atoms with Crippen molar-refractivity contribution < 1.29 is 9.59 Å². The highest BCUT2D eigenvalue weighted by atomic mass is 32.1. The third kappa shape index (κ3) is 5.24. The van der Waals surface area contributed by atoms with Gasteiger partial charge in [-0.3, -0.25) is 9.59 Å². The molecule has 3 aromatic rings. The van der Waals surface area contributed by atoms with Crippen LogP contribution in [-0.4, -0.2) is 83.4 Å². The molecule has 2 aromatic heterocycles. The molecule has 0 bridgehead atoms. The number of fused-ring (bicyclic) bond motifs is 1. The number of carbonyl (C=O) groups excluding carboxylic acids is 2. The number of benzene rings is 1. The summed E-state index contributed by atoms with van der Waals surface area (Å²) < 4.78 is 0. The van der Waals surface area contributed by atoms with Gasteiger partial charge in [0.1, 0.15) is 10.3 Å². The molecule has 35 heavy (non-hydrogen) atoms. The van der Waals surface area contributed by atoms with E-state index < -0.39 is 0 Å². The van der Waals surface area contributed by atoms with Crippen LogP contribution in [0.2, 0.25) is 0 Å². The van der Waals surface area contributed by atoms with E-state index in [4.69, 9.17) is 0 Å². The fourth-order valence-electron chi connectivity index (χ4n) is 4.95. The first-order chi connectivity index (χ1) is 17.0. The lowest BCUT2D eigenvalue weighted by Gasteiger charge is -2.41. The fraction of sp³-hybridized carbons (Fsp3) is 0.462. The van der Waals surface area contributed by atoms with Crippen LogP contribution in [0.5, 0.6) is 0 Å². The van der Waals surface area contributed by atoms with Gasteiger partial charge in [-0.15, -0.1) is 0 Å². The van der Waals surface area contributed by atoms with Gasteiger partial charge < -0.3 is 19.6 Å². The average Bonchev–Trinajstić information content (AvgIpc) is 3.31. The lowest BCUT2D eigenvalue weighted by atomic mass is 10.1. The zero-order chi connectivity index (χ0) is 24.4. The first kappa shape index (κ1) is 23.5. The number of thiazole rings is 1. The van der Waals surface area contributed by atoms with Gasteiger partial charge in [0.05, 0.1) is 0 Å². The molecular formula is C26H32N6O2S. The molecule has 0 N–H and O–H groups in total. The lowest BCUT2D eigenvalue weighted by Crippen LogP contribution is -2.54. The van der Waals surface area contributed by atoms with Gasteiger partial charge in [0.15, 0.2) is 5.13 Å². The van der Waals surface area contributed by atoms with E-state index in [9.17, 15) is 9.59 Å². The first-order valence-corrected chi connectivity index (χ1v) is 13.1. The van der Waals surface area contributed by atoms with Crippen molar-refractivity contribution in [2.75, 3.05) is 55.6 Å². The molecule has 5 rings (SSSR count). The van der Waals surface area contributed by atoms with Crippen molar-refractivity contribution in [3.63, 3.8) is 0 Å². The molecule has 2 aliphatic heterocycles. The number of piperazine rings is 2. The van der Waals surface area contributed by atoms with E-state index in [2.05, 4.69) is 57.9 Å². The van der Waals surface area contributed by atoms with Gasteiger partial charge in [0.25, 0.3) is 0 Å². The van der Waals surface area contributed by atoms with E-state index in [0.717, 1.165) is 35.1 Å². The summed E-state index contributed by atoms with van der Waals surface area (Å²) in [6, 6.07) is 12.6. The molecule has 0 radical (unpaired) electrons. The monoisotopic (exact) mass is 492 g/mol. The van der Waals surface area contributed by atoms with Crippen LogP contribution in [0.3, 0.4) is 0 Å². The average molecular weight is 493 g/mol. The summed E-state index contributed by atoms with van der Waals surface area (Å²) in [5, 5.41) is 0.958. The lowest BCUT2D eigenvalue weighted by molar-refractivity contribution is -0.137. The Kier molecular flexibility index (Phi) is 6.86.